The summed E-state index contributed by atoms with van der Waals surface area (Å²) >= 11 is 0. The molecule has 2 fully saturated rings. The minimum absolute atomic E-state index is 0.0727. The summed E-state index contributed by atoms with van der Waals surface area (Å²) in [6.07, 6.45) is 3.37. The van der Waals surface area contributed by atoms with Crippen LogP contribution in [0, 0.1) is 12.8 Å². The van der Waals surface area contributed by atoms with Gasteiger partial charge in [-0.3, -0.25) is 4.79 Å². The Morgan fingerprint density at radius 1 is 1.03 bits per heavy atom. The molecule has 2 aromatic carbocycles. The smallest absolute Gasteiger partial charge is 0.240 e. The second-order valence-corrected chi connectivity index (χ2v) is 11.5. The predicted molar refractivity (Wildman–Crippen MR) is 134 cm³/mol. The molecule has 2 aliphatic rings. The second-order valence-electron chi connectivity index (χ2n) is 9.82. The molecule has 0 unspecified atom stereocenters. The highest BCUT2D eigenvalue weighted by molar-refractivity contribution is 7.89. The zero-order valence-corrected chi connectivity index (χ0v) is 21.1. The molecule has 4 rings (SSSR count). The SMILES string of the molecule is Cc1ccc(S(=O)(=O)N[C@H]2CC[C@@H](CC(=O)N3CCC(Cc4ccccc4)CC3)O[C@H]2CO)cc1. The highest BCUT2D eigenvalue weighted by Gasteiger charge is 2.35. The molecule has 0 aliphatic carbocycles. The summed E-state index contributed by atoms with van der Waals surface area (Å²) in [5, 5.41) is 9.86. The van der Waals surface area contributed by atoms with Crippen LogP contribution in [0.2, 0.25) is 0 Å². The van der Waals surface area contributed by atoms with Crippen LogP contribution in [0.5, 0.6) is 0 Å². The van der Waals surface area contributed by atoms with Crippen molar-refractivity contribution in [1.29, 1.82) is 0 Å². The van der Waals surface area contributed by atoms with Crippen LogP contribution in [0.15, 0.2) is 59.5 Å². The molecule has 0 saturated carbocycles. The van der Waals surface area contributed by atoms with E-state index >= 15 is 0 Å². The second kappa shape index (κ2) is 11.6. The summed E-state index contributed by atoms with van der Waals surface area (Å²) in [6.45, 7) is 3.10. The molecule has 8 heteroatoms. The molecule has 1 amide bonds. The van der Waals surface area contributed by atoms with Crippen LogP contribution in [-0.2, 0) is 26.0 Å². The third-order valence-corrected chi connectivity index (χ3v) is 8.68. The van der Waals surface area contributed by atoms with Gasteiger partial charge in [0.1, 0.15) is 0 Å². The number of hydrogen-bond acceptors (Lipinski definition) is 5. The first kappa shape index (κ1) is 25.8. The summed E-state index contributed by atoms with van der Waals surface area (Å²) in [5.41, 5.74) is 2.32. The number of aliphatic hydroxyl groups excluding tert-OH is 1. The highest BCUT2D eigenvalue weighted by atomic mass is 32.2. The van der Waals surface area contributed by atoms with Crippen molar-refractivity contribution >= 4 is 15.9 Å². The van der Waals surface area contributed by atoms with Crippen LogP contribution in [0.4, 0.5) is 0 Å². The van der Waals surface area contributed by atoms with Gasteiger partial charge >= 0.3 is 0 Å². The Morgan fingerprint density at radius 2 is 1.71 bits per heavy atom. The van der Waals surface area contributed by atoms with Gasteiger partial charge in [-0.15, -0.1) is 0 Å². The summed E-state index contributed by atoms with van der Waals surface area (Å²) in [4.78, 5) is 15.0. The number of aryl methyl sites for hydroxylation is 1. The summed E-state index contributed by atoms with van der Waals surface area (Å²) in [6, 6.07) is 16.6. The Hall–Kier alpha value is -2.26. The van der Waals surface area contributed by atoms with Gasteiger partial charge in [0.2, 0.25) is 15.9 Å². The van der Waals surface area contributed by atoms with Crippen LogP contribution in [0.1, 0.15) is 43.2 Å². The molecule has 190 valence electrons. The zero-order valence-electron chi connectivity index (χ0n) is 20.3. The Bertz CT molecular complexity index is 1070. The van der Waals surface area contributed by atoms with Gasteiger partial charge in [0.25, 0.3) is 0 Å². The number of nitrogens with zero attached hydrogens (tertiary/aromatic N) is 1. The van der Waals surface area contributed by atoms with Gasteiger partial charge in [-0.2, -0.15) is 0 Å². The number of carbonyl (C=O) groups excluding carboxylic acids is 1. The van der Waals surface area contributed by atoms with Gasteiger partial charge in [-0.1, -0.05) is 48.0 Å². The minimum Gasteiger partial charge on any atom is -0.394 e. The van der Waals surface area contributed by atoms with E-state index in [0.29, 0.717) is 18.8 Å². The first-order chi connectivity index (χ1) is 16.8. The number of likely N-dealkylation sites (tertiary alicyclic amines) is 1. The lowest BCUT2D eigenvalue weighted by Gasteiger charge is -2.37. The summed E-state index contributed by atoms with van der Waals surface area (Å²) in [5.74, 6) is 0.664. The molecule has 3 atom stereocenters. The van der Waals surface area contributed by atoms with E-state index in [9.17, 15) is 18.3 Å². The molecule has 2 aliphatic heterocycles. The maximum atomic E-state index is 12.9. The largest absolute Gasteiger partial charge is 0.394 e. The summed E-state index contributed by atoms with van der Waals surface area (Å²) < 4.78 is 34.2. The van der Waals surface area contributed by atoms with Crippen LogP contribution in [0.25, 0.3) is 0 Å². The van der Waals surface area contributed by atoms with Gasteiger partial charge in [0.05, 0.1) is 36.2 Å². The van der Waals surface area contributed by atoms with Gasteiger partial charge in [0, 0.05) is 13.1 Å². The number of benzene rings is 2. The van der Waals surface area contributed by atoms with Crippen LogP contribution < -0.4 is 4.72 Å². The Kier molecular flexibility index (Phi) is 8.59. The quantitative estimate of drug-likeness (QED) is 0.581. The predicted octanol–water partition coefficient (Wildman–Crippen LogP) is 3.05. The maximum absolute atomic E-state index is 12.9. The average molecular weight is 501 g/mol. The first-order valence-corrected chi connectivity index (χ1v) is 14.0. The molecule has 0 spiro atoms. The van der Waals surface area contributed by atoms with E-state index in [1.165, 1.54) is 5.56 Å². The molecule has 2 heterocycles. The van der Waals surface area contributed by atoms with E-state index in [1.807, 2.05) is 17.9 Å². The number of sulfonamides is 1. The van der Waals surface area contributed by atoms with Crippen molar-refractivity contribution in [2.24, 2.45) is 5.92 Å². The minimum atomic E-state index is -3.72. The Balaban J connectivity index is 1.25. The molecule has 7 nitrogen and oxygen atoms in total. The number of ether oxygens (including phenoxy) is 1. The average Bonchev–Trinajstić information content (AvgIpc) is 2.86. The van der Waals surface area contributed by atoms with E-state index in [-0.39, 0.29) is 29.9 Å². The van der Waals surface area contributed by atoms with Crippen molar-refractivity contribution in [3.8, 4) is 0 Å². The van der Waals surface area contributed by atoms with E-state index < -0.39 is 22.2 Å². The first-order valence-electron chi connectivity index (χ1n) is 12.5. The maximum Gasteiger partial charge on any atom is 0.240 e. The van der Waals surface area contributed by atoms with Gasteiger partial charge in [-0.25, -0.2) is 13.1 Å². The van der Waals surface area contributed by atoms with Crippen LogP contribution in [0.3, 0.4) is 0 Å². The van der Waals surface area contributed by atoms with Gasteiger partial charge in [0.15, 0.2) is 0 Å². The number of carbonyl (C=O) groups is 1. The monoisotopic (exact) mass is 500 g/mol. The molecule has 0 aromatic heterocycles. The fourth-order valence-electron chi connectivity index (χ4n) is 5.06. The normalized spacial score (nSPS) is 23.8. The molecule has 0 radical (unpaired) electrons. The van der Waals surface area contributed by atoms with Crippen molar-refractivity contribution in [2.45, 2.75) is 68.6 Å². The molecule has 2 saturated heterocycles. The Labute approximate surface area is 208 Å². The lowest BCUT2D eigenvalue weighted by atomic mass is 9.90. The molecule has 35 heavy (non-hydrogen) atoms. The van der Waals surface area contributed by atoms with E-state index in [4.69, 9.17) is 4.74 Å². The highest BCUT2D eigenvalue weighted by Crippen LogP contribution is 2.26. The molecule has 0 bridgehead atoms. The van der Waals surface area contributed by atoms with Crippen LogP contribution in [-0.4, -0.2) is 62.3 Å². The van der Waals surface area contributed by atoms with Crippen molar-refractivity contribution in [1.82, 2.24) is 9.62 Å². The van der Waals surface area contributed by atoms with E-state index in [0.717, 1.165) is 37.9 Å². The number of rotatable bonds is 8. The number of hydrogen-bond donors (Lipinski definition) is 2. The lowest BCUT2D eigenvalue weighted by Crippen LogP contribution is -2.51. The van der Waals surface area contributed by atoms with Gasteiger partial charge in [-0.05, 0) is 62.6 Å². The lowest BCUT2D eigenvalue weighted by molar-refractivity contribution is -0.141. The molecule has 2 N–H and O–H groups in total. The summed E-state index contributed by atoms with van der Waals surface area (Å²) in [7, 11) is -3.72. The molecule has 2 aromatic rings. The topological polar surface area (TPSA) is 95.9 Å². The van der Waals surface area contributed by atoms with Crippen molar-refractivity contribution < 1.29 is 23.1 Å². The van der Waals surface area contributed by atoms with Crippen molar-refractivity contribution in [2.75, 3.05) is 19.7 Å². The Morgan fingerprint density at radius 3 is 2.37 bits per heavy atom. The third kappa shape index (κ3) is 6.91. The fraction of sp³-hybridized carbons (Fsp3) is 0.519. The third-order valence-electron chi connectivity index (χ3n) is 7.17. The number of aliphatic hydroxyl groups is 1. The van der Waals surface area contributed by atoms with Crippen molar-refractivity contribution in [3.63, 3.8) is 0 Å². The van der Waals surface area contributed by atoms with E-state index in [2.05, 4.69) is 29.0 Å². The van der Waals surface area contributed by atoms with E-state index in [1.54, 1.807) is 24.3 Å². The van der Waals surface area contributed by atoms with Crippen LogP contribution >= 0.6 is 0 Å². The molecular formula is C27H36N2O5S. The zero-order chi connectivity index (χ0) is 24.8. The number of nitrogens with one attached hydrogen (secondary N) is 1. The fourth-order valence-corrected chi connectivity index (χ4v) is 6.36. The molecular weight excluding hydrogens is 464 g/mol. The standard InChI is InChI=1S/C27H36N2O5S/c1-20-7-10-24(11-8-20)35(32,33)28-25-12-9-23(34-26(25)19-30)18-27(31)29-15-13-22(14-16-29)17-21-5-3-2-4-6-21/h2-8,10-11,22-23,25-26,28,30H,9,12-19H2,1H3/t23-,25-,26-/m0/s1. The van der Waals surface area contributed by atoms with Gasteiger partial charge < -0.3 is 14.7 Å². The van der Waals surface area contributed by atoms with Crippen molar-refractivity contribution in [3.05, 3.63) is 65.7 Å². The number of piperidine rings is 1. The number of amides is 1.